The van der Waals surface area contributed by atoms with Crippen molar-refractivity contribution in [2.45, 2.75) is 57.3 Å². The van der Waals surface area contributed by atoms with Crippen LogP contribution in [0.15, 0.2) is 24.4 Å². The number of aliphatic hydroxyl groups is 1. The van der Waals surface area contributed by atoms with Gasteiger partial charge in [-0.1, -0.05) is 6.07 Å². The van der Waals surface area contributed by atoms with Gasteiger partial charge in [-0.05, 0) is 39.8 Å². The molecule has 1 aromatic heterocycles. The van der Waals surface area contributed by atoms with E-state index in [0.717, 1.165) is 5.69 Å². The van der Waals surface area contributed by atoms with Crippen LogP contribution < -0.4 is 0 Å². The Hall–Kier alpha value is -0.930. The van der Waals surface area contributed by atoms with Crippen LogP contribution in [0, 0.1) is 0 Å². The highest BCUT2D eigenvalue weighted by atomic mass is 16.5. The van der Waals surface area contributed by atoms with E-state index in [2.05, 4.69) is 4.98 Å². The van der Waals surface area contributed by atoms with Crippen LogP contribution in [-0.2, 0) is 11.2 Å². The van der Waals surface area contributed by atoms with E-state index in [0.29, 0.717) is 12.8 Å². The standard InChI is InChI=1S/C14H21NO2/c1-12(2)10-14(16,13(3,4)17-12)9-11-7-5-6-8-15-11/h5-8,16H,9-10H2,1-4H3. The first-order valence-electron chi connectivity index (χ1n) is 6.07. The van der Waals surface area contributed by atoms with Gasteiger partial charge in [0.15, 0.2) is 0 Å². The van der Waals surface area contributed by atoms with Crippen LogP contribution in [0.1, 0.15) is 39.8 Å². The molecule has 2 heterocycles. The lowest BCUT2D eigenvalue weighted by Crippen LogP contribution is -2.48. The molecule has 0 saturated carbocycles. The van der Waals surface area contributed by atoms with Gasteiger partial charge in [-0.3, -0.25) is 4.98 Å². The van der Waals surface area contributed by atoms with Crippen molar-refractivity contribution < 1.29 is 9.84 Å². The Morgan fingerprint density at radius 3 is 2.47 bits per heavy atom. The van der Waals surface area contributed by atoms with Crippen LogP contribution in [0.4, 0.5) is 0 Å². The van der Waals surface area contributed by atoms with E-state index in [1.54, 1.807) is 6.20 Å². The van der Waals surface area contributed by atoms with Gasteiger partial charge in [-0.2, -0.15) is 0 Å². The minimum atomic E-state index is -0.856. The number of aromatic nitrogens is 1. The molecule has 3 nitrogen and oxygen atoms in total. The summed E-state index contributed by atoms with van der Waals surface area (Å²) in [6, 6.07) is 5.77. The summed E-state index contributed by atoms with van der Waals surface area (Å²) in [5, 5.41) is 10.8. The summed E-state index contributed by atoms with van der Waals surface area (Å²) in [5.74, 6) is 0. The largest absolute Gasteiger partial charge is 0.386 e. The number of nitrogens with zero attached hydrogens (tertiary/aromatic N) is 1. The smallest absolute Gasteiger partial charge is 0.101 e. The highest BCUT2D eigenvalue weighted by molar-refractivity contribution is 5.14. The average molecular weight is 235 g/mol. The Kier molecular flexibility index (Phi) is 2.79. The lowest BCUT2D eigenvalue weighted by Gasteiger charge is -2.34. The van der Waals surface area contributed by atoms with Gasteiger partial charge in [-0.15, -0.1) is 0 Å². The fourth-order valence-electron chi connectivity index (χ4n) is 2.82. The van der Waals surface area contributed by atoms with E-state index in [-0.39, 0.29) is 5.60 Å². The zero-order valence-electron chi connectivity index (χ0n) is 11.0. The molecule has 17 heavy (non-hydrogen) atoms. The van der Waals surface area contributed by atoms with Gasteiger partial charge in [0, 0.05) is 24.7 Å². The van der Waals surface area contributed by atoms with Crippen molar-refractivity contribution in [3.8, 4) is 0 Å². The van der Waals surface area contributed by atoms with Gasteiger partial charge in [0.1, 0.15) is 5.60 Å². The molecule has 0 aliphatic carbocycles. The zero-order valence-corrected chi connectivity index (χ0v) is 11.0. The second kappa shape index (κ2) is 3.79. The predicted molar refractivity (Wildman–Crippen MR) is 66.8 cm³/mol. The van der Waals surface area contributed by atoms with Crippen molar-refractivity contribution in [2.75, 3.05) is 0 Å². The molecular weight excluding hydrogens is 214 g/mol. The lowest BCUT2D eigenvalue weighted by molar-refractivity contribution is -0.126. The summed E-state index contributed by atoms with van der Waals surface area (Å²) in [6.07, 6.45) is 2.92. The van der Waals surface area contributed by atoms with Crippen molar-refractivity contribution >= 4 is 0 Å². The molecule has 1 aliphatic heterocycles. The second-order valence-corrected chi connectivity index (χ2v) is 6.08. The van der Waals surface area contributed by atoms with E-state index in [1.807, 2.05) is 45.9 Å². The topological polar surface area (TPSA) is 42.4 Å². The van der Waals surface area contributed by atoms with E-state index < -0.39 is 11.2 Å². The van der Waals surface area contributed by atoms with E-state index in [4.69, 9.17) is 4.74 Å². The monoisotopic (exact) mass is 235 g/mol. The Labute approximate surface area is 103 Å². The normalized spacial score (nSPS) is 30.4. The third kappa shape index (κ3) is 2.35. The molecule has 0 radical (unpaired) electrons. The van der Waals surface area contributed by atoms with Crippen LogP contribution in [0.2, 0.25) is 0 Å². The minimum Gasteiger partial charge on any atom is -0.386 e. The molecule has 1 aliphatic rings. The Morgan fingerprint density at radius 2 is 2.00 bits per heavy atom. The van der Waals surface area contributed by atoms with Crippen LogP contribution in [0.25, 0.3) is 0 Å². The maximum absolute atomic E-state index is 10.8. The Morgan fingerprint density at radius 1 is 1.29 bits per heavy atom. The Bertz CT molecular complexity index is 400. The van der Waals surface area contributed by atoms with Crippen molar-refractivity contribution in [1.29, 1.82) is 0 Å². The van der Waals surface area contributed by atoms with E-state index in [9.17, 15) is 5.11 Å². The van der Waals surface area contributed by atoms with E-state index >= 15 is 0 Å². The number of pyridine rings is 1. The van der Waals surface area contributed by atoms with E-state index in [1.165, 1.54) is 0 Å². The van der Waals surface area contributed by atoms with Crippen LogP contribution in [0.5, 0.6) is 0 Å². The molecule has 0 bridgehead atoms. The summed E-state index contributed by atoms with van der Waals surface area (Å²) in [5.41, 5.74) is -0.782. The van der Waals surface area contributed by atoms with Crippen molar-refractivity contribution in [3.63, 3.8) is 0 Å². The fourth-order valence-corrected chi connectivity index (χ4v) is 2.82. The molecular formula is C14H21NO2. The number of rotatable bonds is 2. The van der Waals surface area contributed by atoms with Crippen molar-refractivity contribution in [1.82, 2.24) is 4.98 Å². The van der Waals surface area contributed by atoms with Gasteiger partial charge in [0.2, 0.25) is 0 Å². The molecule has 1 saturated heterocycles. The summed E-state index contributed by atoms with van der Waals surface area (Å²) in [7, 11) is 0. The molecule has 0 amide bonds. The summed E-state index contributed by atoms with van der Waals surface area (Å²) < 4.78 is 5.95. The maximum Gasteiger partial charge on any atom is 0.101 e. The van der Waals surface area contributed by atoms with Crippen LogP contribution >= 0.6 is 0 Å². The van der Waals surface area contributed by atoms with Gasteiger partial charge in [-0.25, -0.2) is 0 Å². The molecule has 94 valence electrons. The predicted octanol–water partition coefficient (Wildman–Crippen LogP) is 2.33. The molecule has 0 aromatic carbocycles. The number of hydrogen-bond donors (Lipinski definition) is 1. The lowest BCUT2D eigenvalue weighted by atomic mass is 9.79. The molecule has 1 fully saturated rings. The van der Waals surface area contributed by atoms with Crippen molar-refractivity contribution in [2.24, 2.45) is 0 Å². The third-order valence-corrected chi connectivity index (χ3v) is 3.57. The summed E-state index contributed by atoms with van der Waals surface area (Å²) >= 11 is 0. The SMILES string of the molecule is CC1(C)CC(O)(Cc2ccccn2)C(C)(C)O1. The first-order chi connectivity index (χ1) is 7.74. The minimum absolute atomic E-state index is 0.285. The Balaban J connectivity index is 2.25. The third-order valence-electron chi connectivity index (χ3n) is 3.57. The van der Waals surface area contributed by atoms with Crippen molar-refractivity contribution in [3.05, 3.63) is 30.1 Å². The second-order valence-electron chi connectivity index (χ2n) is 6.08. The summed E-state index contributed by atoms with van der Waals surface area (Å²) in [4.78, 5) is 4.29. The molecule has 1 N–H and O–H groups in total. The zero-order chi connectivity index (χ0) is 12.7. The first kappa shape index (κ1) is 12.5. The molecule has 3 heteroatoms. The highest BCUT2D eigenvalue weighted by Crippen LogP contribution is 2.46. The fraction of sp³-hybridized carbons (Fsp3) is 0.643. The molecule has 1 unspecified atom stereocenters. The highest BCUT2D eigenvalue weighted by Gasteiger charge is 2.56. The van der Waals surface area contributed by atoms with Gasteiger partial charge in [0.05, 0.1) is 11.2 Å². The number of hydrogen-bond acceptors (Lipinski definition) is 3. The molecule has 1 atom stereocenters. The van der Waals surface area contributed by atoms with Gasteiger partial charge < -0.3 is 9.84 Å². The van der Waals surface area contributed by atoms with Gasteiger partial charge >= 0.3 is 0 Å². The molecule has 1 aromatic rings. The molecule has 0 spiro atoms. The summed E-state index contributed by atoms with van der Waals surface area (Å²) in [6.45, 7) is 7.94. The van der Waals surface area contributed by atoms with Gasteiger partial charge in [0.25, 0.3) is 0 Å². The average Bonchev–Trinajstić information content (AvgIpc) is 2.31. The van der Waals surface area contributed by atoms with Crippen LogP contribution in [0.3, 0.4) is 0 Å². The first-order valence-corrected chi connectivity index (χ1v) is 6.07. The van der Waals surface area contributed by atoms with Crippen LogP contribution in [-0.4, -0.2) is 26.9 Å². The molecule has 2 rings (SSSR count). The quantitative estimate of drug-likeness (QED) is 0.855. The number of ether oxygens (including phenoxy) is 1. The maximum atomic E-state index is 10.8.